The number of nitrogens with one attached hydrogen (secondary N) is 3. The maximum atomic E-state index is 13.6. The molecule has 0 radical (unpaired) electrons. The molecule has 1 spiro atoms. The van der Waals surface area contributed by atoms with Crippen molar-refractivity contribution in [3.05, 3.63) is 80.1 Å². The molecule has 0 aliphatic carbocycles. The van der Waals surface area contributed by atoms with Crippen molar-refractivity contribution >= 4 is 32.8 Å². The summed E-state index contributed by atoms with van der Waals surface area (Å²) in [5, 5.41) is 9.34. The highest BCUT2D eigenvalue weighted by Gasteiger charge is 2.50. The van der Waals surface area contributed by atoms with Gasteiger partial charge in [0.15, 0.2) is 15.6 Å². The molecule has 2 heterocycles. The topological polar surface area (TPSA) is 134 Å². The van der Waals surface area contributed by atoms with Gasteiger partial charge < -0.3 is 25.6 Å². The molecule has 2 aliphatic rings. The van der Waals surface area contributed by atoms with E-state index in [1.54, 1.807) is 23.1 Å². The summed E-state index contributed by atoms with van der Waals surface area (Å²) in [5.41, 5.74) is 0.617. The van der Waals surface area contributed by atoms with Gasteiger partial charge in [-0.15, -0.1) is 0 Å². The minimum Gasteiger partial charge on any atom is -0.494 e. The van der Waals surface area contributed by atoms with Crippen molar-refractivity contribution in [3.8, 4) is 5.75 Å². The number of nitrogens with zero attached hydrogens (tertiary/aromatic N) is 1. The summed E-state index contributed by atoms with van der Waals surface area (Å²) >= 11 is 0. The van der Waals surface area contributed by atoms with E-state index in [9.17, 15) is 22.8 Å². The van der Waals surface area contributed by atoms with Crippen LogP contribution in [0.25, 0.3) is 0 Å². The molecule has 3 aromatic rings. The van der Waals surface area contributed by atoms with Gasteiger partial charge in [-0.05, 0) is 37.1 Å². The van der Waals surface area contributed by atoms with Gasteiger partial charge in [0.1, 0.15) is 16.1 Å². The number of amides is 1. The average Bonchev–Trinajstić information content (AvgIpc) is 3.44. The first kappa shape index (κ1) is 26.9. The molecule has 0 aromatic heterocycles. The third-order valence-electron chi connectivity index (χ3n) is 7.81. The molecular formula is C28H32N4O6S. The fraction of sp³-hybridized carbons (Fsp3) is 0.393. The van der Waals surface area contributed by atoms with Crippen LogP contribution in [0.15, 0.2) is 58.1 Å². The number of ether oxygens (including phenoxy) is 1. The number of rotatable bonds is 8. The summed E-state index contributed by atoms with van der Waals surface area (Å²) in [6.07, 6.45) is 1.15. The lowest BCUT2D eigenvalue weighted by atomic mass is 10.0. The van der Waals surface area contributed by atoms with Crippen LogP contribution in [0.5, 0.6) is 5.75 Å². The van der Waals surface area contributed by atoms with Gasteiger partial charge in [-0.3, -0.25) is 14.4 Å². The molecule has 3 aromatic carbocycles. The van der Waals surface area contributed by atoms with Crippen molar-refractivity contribution in [2.75, 3.05) is 49.7 Å². The van der Waals surface area contributed by atoms with Crippen molar-refractivity contribution in [2.45, 2.75) is 30.6 Å². The largest absolute Gasteiger partial charge is 0.494 e. The molecule has 11 heteroatoms. The van der Waals surface area contributed by atoms with Gasteiger partial charge in [0.25, 0.3) is 16.8 Å². The lowest BCUT2D eigenvalue weighted by molar-refractivity contribution is 0.0737. The predicted molar refractivity (Wildman–Crippen MR) is 151 cm³/mol. The quantitative estimate of drug-likeness (QED) is 0.360. The molecule has 39 heavy (non-hydrogen) atoms. The Kier molecular flexibility index (Phi) is 7.21. The number of para-hydroxylation sites is 1. The number of benzene rings is 2. The smallest absolute Gasteiger partial charge is 0.257 e. The SMILES string of the molecule is CC[C@@H](Nc1c(Nc2cccc(C(=O)N3CCS(=O)(=O)C4(CCNC4)C3)c2OC)c(=O)c1=O)c1ccccc1. The van der Waals surface area contributed by atoms with E-state index >= 15 is 0 Å². The third kappa shape index (κ3) is 4.70. The molecule has 206 valence electrons. The van der Waals surface area contributed by atoms with E-state index in [4.69, 9.17) is 4.74 Å². The Bertz CT molecular complexity index is 1560. The van der Waals surface area contributed by atoms with Gasteiger partial charge in [-0.1, -0.05) is 43.3 Å². The second-order valence-corrected chi connectivity index (χ2v) is 12.6. The maximum absolute atomic E-state index is 13.6. The molecule has 1 amide bonds. The first-order valence-corrected chi connectivity index (χ1v) is 14.7. The van der Waals surface area contributed by atoms with Crippen LogP contribution in [0.3, 0.4) is 0 Å². The maximum Gasteiger partial charge on any atom is 0.257 e. The van der Waals surface area contributed by atoms with Crippen molar-refractivity contribution in [2.24, 2.45) is 0 Å². The Labute approximate surface area is 227 Å². The second-order valence-electron chi connectivity index (χ2n) is 10.1. The van der Waals surface area contributed by atoms with Crippen LogP contribution in [0.1, 0.15) is 41.7 Å². The Morgan fingerprint density at radius 2 is 1.85 bits per heavy atom. The molecule has 2 fully saturated rings. The number of hydrogen-bond donors (Lipinski definition) is 3. The summed E-state index contributed by atoms with van der Waals surface area (Å²) < 4.78 is 30.3. The molecule has 10 nitrogen and oxygen atoms in total. The summed E-state index contributed by atoms with van der Waals surface area (Å²) in [7, 11) is -1.92. The fourth-order valence-corrected chi connectivity index (χ4v) is 7.51. The summed E-state index contributed by atoms with van der Waals surface area (Å²) in [6, 6.07) is 14.4. The van der Waals surface area contributed by atoms with Gasteiger partial charge in [-0.25, -0.2) is 8.42 Å². The Balaban J connectivity index is 1.41. The van der Waals surface area contributed by atoms with E-state index in [0.717, 1.165) is 5.56 Å². The van der Waals surface area contributed by atoms with Gasteiger partial charge in [-0.2, -0.15) is 0 Å². The lowest BCUT2D eigenvalue weighted by Crippen LogP contribution is -2.58. The van der Waals surface area contributed by atoms with Gasteiger partial charge in [0.2, 0.25) is 0 Å². The molecule has 2 atom stereocenters. The van der Waals surface area contributed by atoms with Gasteiger partial charge in [0.05, 0.1) is 30.2 Å². The van der Waals surface area contributed by atoms with Gasteiger partial charge in [0, 0.05) is 19.6 Å². The monoisotopic (exact) mass is 552 g/mol. The van der Waals surface area contributed by atoms with Crippen molar-refractivity contribution in [1.29, 1.82) is 0 Å². The number of sulfone groups is 1. The molecule has 2 aliphatic heterocycles. The van der Waals surface area contributed by atoms with Crippen molar-refractivity contribution in [3.63, 3.8) is 0 Å². The zero-order valence-corrected chi connectivity index (χ0v) is 22.8. The van der Waals surface area contributed by atoms with E-state index in [0.29, 0.717) is 31.6 Å². The number of hydrogen-bond acceptors (Lipinski definition) is 9. The first-order chi connectivity index (χ1) is 18.7. The molecule has 2 saturated heterocycles. The van der Waals surface area contributed by atoms with E-state index in [2.05, 4.69) is 16.0 Å². The Hall–Kier alpha value is -3.70. The predicted octanol–water partition coefficient (Wildman–Crippen LogP) is 2.20. The Morgan fingerprint density at radius 3 is 2.51 bits per heavy atom. The van der Waals surface area contributed by atoms with Crippen LogP contribution >= 0.6 is 0 Å². The Morgan fingerprint density at radius 1 is 1.10 bits per heavy atom. The standard InChI is InChI=1S/C28H32N4O6S/c1-3-20(18-8-5-4-6-9-18)30-22-23(25(34)24(22)33)31-21-11-7-10-19(26(21)38-2)27(35)32-14-15-39(36,37)28(17-32)12-13-29-16-28/h4-11,20,29-31H,3,12-17H2,1-2H3/t20-,28?/m1/s1. The normalized spacial score (nSPS) is 21.1. The van der Waals surface area contributed by atoms with Crippen molar-refractivity contribution < 1.29 is 17.9 Å². The van der Waals surface area contributed by atoms with E-state index < -0.39 is 25.4 Å². The average molecular weight is 553 g/mol. The van der Waals surface area contributed by atoms with Crippen molar-refractivity contribution in [1.82, 2.24) is 10.2 Å². The second kappa shape index (κ2) is 10.5. The molecule has 0 bridgehead atoms. The molecule has 3 N–H and O–H groups in total. The van der Waals surface area contributed by atoms with Gasteiger partial charge >= 0.3 is 0 Å². The van der Waals surface area contributed by atoms with Crippen LogP contribution in [-0.2, 0) is 9.84 Å². The number of methoxy groups -OCH3 is 1. The molecule has 5 rings (SSSR count). The lowest BCUT2D eigenvalue weighted by Gasteiger charge is -2.39. The van der Waals surface area contributed by atoms with Crippen LogP contribution in [0, 0.1) is 0 Å². The van der Waals surface area contributed by atoms with Crippen LogP contribution < -0.4 is 31.5 Å². The van der Waals surface area contributed by atoms with Crippen LogP contribution in [0.2, 0.25) is 0 Å². The number of carbonyl (C=O) groups excluding carboxylic acids is 1. The molecule has 1 unspecified atom stereocenters. The molecular weight excluding hydrogens is 520 g/mol. The summed E-state index contributed by atoms with van der Waals surface area (Å²) in [5.74, 6) is -0.238. The summed E-state index contributed by atoms with van der Waals surface area (Å²) in [4.78, 5) is 40.3. The minimum absolute atomic E-state index is 0.0911. The van der Waals surface area contributed by atoms with Crippen LogP contribution in [-0.4, -0.2) is 63.0 Å². The highest BCUT2D eigenvalue weighted by Crippen LogP contribution is 2.36. The zero-order chi connectivity index (χ0) is 27.8. The zero-order valence-electron chi connectivity index (χ0n) is 22.0. The van der Waals surface area contributed by atoms with E-state index in [-0.39, 0.29) is 53.5 Å². The van der Waals surface area contributed by atoms with Crippen LogP contribution in [0.4, 0.5) is 17.1 Å². The molecule has 0 saturated carbocycles. The number of carbonyl (C=O) groups is 1. The number of anilines is 3. The third-order valence-corrected chi connectivity index (χ3v) is 10.3. The fourth-order valence-electron chi connectivity index (χ4n) is 5.52. The highest BCUT2D eigenvalue weighted by atomic mass is 32.2. The highest BCUT2D eigenvalue weighted by molar-refractivity contribution is 7.93. The summed E-state index contributed by atoms with van der Waals surface area (Å²) in [6.45, 7) is 3.09. The first-order valence-electron chi connectivity index (χ1n) is 13.0. The van der Waals surface area contributed by atoms with E-state index in [1.165, 1.54) is 7.11 Å². The minimum atomic E-state index is -3.34. The van der Waals surface area contributed by atoms with E-state index in [1.807, 2.05) is 37.3 Å².